The number of H-pyrrole nitrogens is 1. The third kappa shape index (κ3) is 6.82. The quantitative estimate of drug-likeness (QED) is 0.175. The minimum Gasteiger partial charge on any atom is -0.493 e. The Balaban J connectivity index is 1.63. The highest BCUT2D eigenvalue weighted by Gasteiger charge is 2.40. The van der Waals surface area contributed by atoms with Gasteiger partial charge in [-0.25, -0.2) is 13.4 Å². The highest BCUT2D eigenvalue weighted by molar-refractivity contribution is 7.89. The monoisotopic (exact) mass is 622 g/mol. The van der Waals surface area contributed by atoms with Crippen LogP contribution in [-0.4, -0.2) is 86.3 Å². The first-order valence-corrected chi connectivity index (χ1v) is 15.7. The molecular weight excluding hydrogens is 584 g/mol. The zero-order chi connectivity index (χ0) is 31.4. The number of hydrogen-bond donors (Lipinski definition) is 3. The average molecular weight is 623 g/mol. The summed E-state index contributed by atoms with van der Waals surface area (Å²) in [4.78, 5) is 35.4. The second kappa shape index (κ2) is 13.4. The normalized spacial score (nSPS) is 16.3. The Labute approximate surface area is 248 Å². The lowest BCUT2D eigenvalue weighted by Crippen LogP contribution is -2.47. The summed E-state index contributed by atoms with van der Waals surface area (Å²) in [6.45, 7) is 3.61. The molecule has 1 aliphatic heterocycles. The lowest BCUT2D eigenvalue weighted by Gasteiger charge is -2.41. The number of aliphatic hydroxyl groups is 2. The molecule has 1 saturated heterocycles. The highest BCUT2D eigenvalue weighted by atomic mass is 32.2. The molecule has 1 atom stereocenters. The maximum absolute atomic E-state index is 13.8. The fourth-order valence-electron chi connectivity index (χ4n) is 5.72. The molecule has 0 bridgehead atoms. The number of fused-ring (bicyclic) bond motifs is 1. The first-order valence-electron chi connectivity index (χ1n) is 14.3. The summed E-state index contributed by atoms with van der Waals surface area (Å²) in [6, 6.07) is 4.41. The number of piperidine rings is 1. The summed E-state index contributed by atoms with van der Waals surface area (Å²) in [5.74, 6) is 0.123. The molecule has 1 aromatic carbocycles. The molecular formula is C27H38N6O9S. The second-order valence-electron chi connectivity index (χ2n) is 10.6. The average Bonchev–Trinajstić information content (AvgIpc) is 3.28. The van der Waals surface area contributed by atoms with Gasteiger partial charge in [-0.05, 0) is 56.7 Å². The van der Waals surface area contributed by atoms with Gasteiger partial charge in [-0.2, -0.15) is 9.40 Å². The molecule has 1 unspecified atom stereocenters. The smallest absolute Gasteiger partial charge is 0.294 e. The topological polar surface area (TPSA) is 203 Å². The standard InChI is InChI=1S/C27H38N6O9S/c1-4-6-21-23-24(31(3)30-21)26(35)29-25(28-23)20-17-19(7-8-22(20)41-5-2)43(39,40)32-13-9-18(10-14-32)27(36,11-15-34)12-16-42-33(37)38/h7-8,17-18,34,36H,4-6,9-16H2,1-3H3,(H,28,29,35). The van der Waals surface area contributed by atoms with Crippen molar-refractivity contribution in [3.63, 3.8) is 0 Å². The highest BCUT2D eigenvalue weighted by Crippen LogP contribution is 2.37. The summed E-state index contributed by atoms with van der Waals surface area (Å²) in [5.41, 5.74) is -0.0994. The van der Waals surface area contributed by atoms with Crippen LogP contribution in [-0.2, 0) is 28.3 Å². The number of benzene rings is 1. The number of ether oxygens (including phenoxy) is 1. The van der Waals surface area contributed by atoms with Crippen molar-refractivity contribution in [2.75, 3.05) is 32.9 Å². The van der Waals surface area contributed by atoms with E-state index in [4.69, 9.17) is 4.74 Å². The van der Waals surface area contributed by atoms with E-state index in [0.29, 0.717) is 41.1 Å². The van der Waals surface area contributed by atoms with E-state index in [0.717, 1.165) is 6.42 Å². The molecule has 0 aliphatic carbocycles. The molecule has 0 spiro atoms. The van der Waals surface area contributed by atoms with Crippen LogP contribution in [0.15, 0.2) is 27.9 Å². The van der Waals surface area contributed by atoms with Crippen molar-refractivity contribution in [2.24, 2.45) is 13.0 Å². The number of aliphatic hydroxyl groups excluding tert-OH is 1. The third-order valence-electron chi connectivity index (χ3n) is 7.88. The minimum atomic E-state index is -4.00. The van der Waals surface area contributed by atoms with E-state index < -0.39 is 32.2 Å². The SMILES string of the molecule is CCCc1nn(C)c2c(=O)[nH]c(-c3cc(S(=O)(=O)N4CCC(C(O)(CCO)CCO[N+](=O)[O-])CC4)ccc3OCC)nc12. The molecule has 0 amide bonds. The van der Waals surface area contributed by atoms with Gasteiger partial charge in [0.1, 0.15) is 17.1 Å². The van der Waals surface area contributed by atoms with Crippen molar-refractivity contribution in [3.05, 3.63) is 44.4 Å². The van der Waals surface area contributed by atoms with E-state index in [9.17, 15) is 33.5 Å². The van der Waals surface area contributed by atoms with Crippen LogP contribution in [0, 0.1) is 16.0 Å². The Hall–Kier alpha value is -3.60. The Kier molecular flexibility index (Phi) is 10.0. The van der Waals surface area contributed by atoms with Gasteiger partial charge in [0.05, 0.1) is 35.0 Å². The van der Waals surface area contributed by atoms with Gasteiger partial charge in [-0.1, -0.05) is 13.3 Å². The van der Waals surface area contributed by atoms with Crippen molar-refractivity contribution in [3.8, 4) is 17.1 Å². The van der Waals surface area contributed by atoms with Crippen LogP contribution in [0.1, 0.15) is 51.6 Å². The van der Waals surface area contributed by atoms with Gasteiger partial charge >= 0.3 is 0 Å². The summed E-state index contributed by atoms with van der Waals surface area (Å²) >= 11 is 0. The Morgan fingerprint density at radius 3 is 2.58 bits per heavy atom. The van der Waals surface area contributed by atoms with Gasteiger partial charge in [0, 0.05) is 33.2 Å². The fraction of sp³-hybridized carbons (Fsp3) is 0.593. The van der Waals surface area contributed by atoms with E-state index in [1.807, 2.05) is 6.92 Å². The van der Waals surface area contributed by atoms with Crippen LogP contribution in [0.3, 0.4) is 0 Å². The number of nitrogens with one attached hydrogen (secondary N) is 1. The second-order valence-corrected chi connectivity index (χ2v) is 12.5. The minimum absolute atomic E-state index is 0.0137. The largest absolute Gasteiger partial charge is 0.493 e. The Bertz CT molecular complexity index is 1610. The van der Waals surface area contributed by atoms with Crippen LogP contribution < -0.4 is 10.3 Å². The Morgan fingerprint density at radius 1 is 1.23 bits per heavy atom. The molecule has 0 saturated carbocycles. The molecule has 3 aromatic rings. The van der Waals surface area contributed by atoms with Crippen molar-refractivity contribution >= 4 is 21.1 Å². The van der Waals surface area contributed by atoms with Crippen LogP contribution in [0.4, 0.5) is 0 Å². The van der Waals surface area contributed by atoms with E-state index in [2.05, 4.69) is 19.9 Å². The molecule has 236 valence electrons. The number of aromatic nitrogens is 4. The molecule has 2 aromatic heterocycles. The molecule has 16 heteroatoms. The van der Waals surface area contributed by atoms with Gasteiger partial charge in [0.2, 0.25) is 10.0 Å². The van der Waals surface area contributed by atoms with E-state index in [1.165, 1.54) is 27.2 Å². The predicted molar refractivity (Wildman–Crippen MR) is 155 cm³/mol. The van der Waals surface area contributed by atoms with E-state index in [-0.39, 0.29) is 62.7 Å². The summed E-state index contributed by atoms with van der Waals surface area (Å²) in [7, 11) is -2.33. The van der Waals surface area contributed by atoms with Crippen molar-refractivity contribution in [2.45, 2.75) is 62.9 Å². The van der Waals surface area contributed by atoms with Gasteiger partial charge in [0.25, 0.3) is 10.6 Å². The lowest BCUT2D eigenvalue weighted by atomic mass is 9.77. The van der Waals surface area contributed by atoms with Gasteiger partial charge in [0.15, 0.2) is 5.52 Å². The summed E-state index contributed by atoms with van der Waals surface area (Å²) in [5, 5.41) is 34.7. The Morgan fingerprint density at radius 2 is 1.95 bits per heavy atom. The molecule has 4 rings (SSSR count). The number of aryl methyl sites for hydroxylation is 2. The maximum atomic E-state index is 13.8. The molecule has 3 heterocycles. The fourth-order valence-corrected chi connectivity index (χ4v) is 7.22. The number of nitrogens with zero attached hydrogens (tertiary/aromatic N) is 5. The number of sulfonamides is 1. The van der Waals surface area contributed by atoms with Gasteiger partial charge in [-0.15, -0.1) is 10.1 Å². The number of rotatable bonds is 14. The third-order valence-corrected chi connectivity index (χ3v) is 9.78. The van der Waals surface area contributed by atoms with Crippen molar-refractivity contribution in [1.82, 2.24) is 24.1 Å². The zero-order valence-electron chi connectivity index (χ0n) is 24.5. The van der Waals surface area contributed by atoms with Crippen LogP contribution in [0.25, 0.3) is 22.4 Å². The molecule has 15 nitrogen and oxygen atoms in total. The van der Waals surface area contributed by atoms with Crippen molar-refractivity contribution < 1.29 is 33.3 Å². The van der Waals surface area contributed by atoms with Crippen LogP contribution in [0.5, 0.6) is 5.75 Å². The molecule has 43 heavy (non-hydrogen) atoms. The first kappa shape index (κ1) is 32.3. The summed E-state index contributed by atoms with van der Waals surface area (Å²) < 4.78 is 36.1. The van der Waals surface area contributed by atoms with Crippen molar-refractivity contribution in [1.29, 1.82) is 0 Å². The van der Waals surface area contributed by atoms with Gasteiger partial charge in [-0.3, -0.25) is 9.48 Å². The zero-order valence-corrected chi connectivity index (χ0v) is 25.3. The maximum Gasteiger partial charge on any atom is 0.294 e. The summed E-state index contributed by atoms with van der Waals surface area (Å²) in [6.07, 6.45) is 1.90. The van der Waals surface area contributed by atoms with Crippen LogP contribution >= 0.6 is 0 Å². The predicted octanol–water partition coefficient (Wildman–Crippen LogP) is 1.79. The lowest BCUT2D eigenvalue weighted by molar-refractivity contribution is -0.758. The molecule has 1 fully saturated rings. The van der Waals surface area contributed by atoms with E-state index >= 15 is 0 Å². The molecule has 1 aliphatic rings. The van der Waals surface area contributed by atoms with Gasteiger partial charge < -0.3 is 24.8 Å². The first-order chi connectivity index (χ1) is 20.4. The van der Waals surface area contributed by atoms with E-state index in [1.54, 1.807) is 14.0 Å². The number of aromatic amines is 1. The molecule has 0 radical (unpaired) electrons. The van der Waals surface area contributed by atoms with Crippen LogP contribution in [0.2, 0.25) is 0 Å². The number of hydrogen-bond acceptors (Lipinski definition) is 11. The molecule has 3 N–H and O–H groups in total.